The zero-order valence-corrected chi connectivity index (χ0v) is 17.0. The van der Waals surface area contributed by atoms with E-state index in [1.165, 1.54) is 6.07 Å². The second-order valence-corrected chi connectivity index (χ2v) is 8.66. The number of carbonyl (C=O) groups excluding carboxylic acids is 1. The lowest BCUT2D eigenvalue weighted by atomic mass is 10.1. The largest absolute Gasteiger partial charge is 0.413 e. The molecule has 1 aliphatic carbocycles. The van der Waals surface area contributed by atoms with E-state index in [0.717, 1.165) is 42.3 Å². The average Bonchev–Trinajstić information content (AvgIpc) is 3.29. The molecule has 6 heteroatoms. The maximum absolute atomic E-state index is 14.6. The fraction of sp³-hybridized carbons (Fsp3) is 0.391. The molecule has 0 spiro atoms. The predicted octanol–water partition coefficient (Wildman–Crippen LogP) is 5.84. The Labute approximate surface area is 169 Å². The average molecular weight is 395 g/mol. The molecule has 0 saturated heterocycles. The molecule has 0 bridgehead atoms. The summed E-state index contributed by atoms with van der Waals surface area (Å²) in [4.78, 5) is 12.0. The summed E-state index contributed by atoms with van der Waals surface area (Å²) in [5.41, 5.74) is 1.81. The van der Waals surface area contributed by atoms with Crippen LogP contribution in [0.25, 0.3) is 22.2 Å². The van der Waals surface area contributed by atoms with E-state index in [1.54, 1.807) is 18.2 Å². The van der Waals surface area contributed by atoms with E-state index >= 15 is 0 Å². The van der Waals surface area contributed by atoms with Crippen LogP contribution in [0.5, 0.6) is 5.75 Å². The van der Waals surface area contributed by atoms with Crippen molar-refractivity contribution in [1.82, 2.24) is 15.1 Å². The first-order chi connectivity index (χ1) is 13.8. The lowest BCUT2D eigenvalue weighted by Crippen LogP contribution is -2.42. The van der Waals surface area contributed by atoms with Crippen LogP contribution in [0.1, 0.15) is 52.5 Å². The number of rotatable bonds is 3. The zero-order chi connectivity index (χ0) is 20.6. The molecule has 1 heterocycles. The minimum atomic E-state index is -0.497. The highest BCUT2D eigenvalue weighted by Gasteiger charge is 2.24. The number of ether oxygens (including phenoxy) is 1. The molecule has 1 aromatic heterocycles. The van der Waals surface area contributed by atoms with Gasteiger partial charge in [0.05, 0.1) is 6.04 Å². The van der Waals surface area contributed by atoms with E-state index in [2.05, 4.69) is 5.32 Å². The van der Waals surface area contributed by atoms with Crippen LogP contribution in [0.3, 0.4) is 0 Å². The fourth-order valence-electron chi connectivity index (χ4n) is 3.90. The number of para-hydroxylation sites is 1. The van der Waals surface area contributed by atoms with E-state index in [9.17, 15) is 9.18 Å². The second kappa shape index (κ2) is 7.50. The molecule has 2 aromatic carbocycles. The molecule has 1 amide bonds. The third-order valence-electron chi connectivity index (χ3n) is 5.16. The molecule has 5 nitrogen and oxygen atoms in total. The number of aromatic nitrogens is 2. The molecule has 0 unspecified atom stereocenters. The minimum absolute atomic E-state index is 0.242. The Morgan fingerprint density at radius 1 is 1.14 bits per heavy atom. The van der Waals surface area contributed by atoms with Crippen LogP contribution in [0.4, 0.5) is 9.18 Å². The van der Waals surface area contributed by atoms with Crippen molar-refractivity contribution in [2.75, 3.05) is 0 Å². The van der Waals surface area contributed by atoms with Gasteiger partial charge in [0.2, 0.25) is 0 Å². The summed E-state index contributed by atoms with van der Waals surface area (Å²) in [5.74, 6) is 0.202. The first-order valence-electron chi connectivity index (χ1n) is 10.1. The monoisotopic (exact) mass is 395 g/mol. The van der Waals surface area contributed by atoms with Gasteiger partial charge in [0.25, 0.3) is 0 Å². The van der Waals surface area contributed by atoms with Gasteiger partial charge in [-0.2, -0.15) is 5.10 Å². The topological polar surface area (TPSA) is 56.1 Å². The van der Waals surface area contributed by atoms with E-state index in [-0.39, 0.29) is 17.4 Å². The van der Waals surface area contributed by atoms with E-state index in [1.807, 2.05) is 43.7 Å². The highest BCUT2D eigenvalue weighted by Crippen LogP contribution is 2.37. The molecule has 1 aliphatic rings. The normalized spacial score (nSPS) is 15.0. The lowest BCUT2D eigenvalue weighted by Gasteiger charge is -2.19. The maximum Gasteiger partial charge on any atom is 0.413 e. The Hall–Kier alpha value is -2.89. The molecule has 1 fully saturated rings. The van der Waals surface area contributed by atoms with E-state index in [0.29, 0.717) is 11.3 Å². The van der Waals surface area contributed by atoms with E-state index < -0.39 is 6.09 Å². The molecule has 0 radical (unpaired) electrons. The zero-order valence-electron chi connectivity index (χ0n) is 17.0. The van der Waals surface area contributed by atoms with Crippen LogP contribution >= 0.6 is 0 Å². The number of benzene rings is 2. The number of amides is 1. The number of halogens is 1. The lowest BCUT2D eigenvalue weighted by molar-refractivity contribution is 0.190. The Balaban J connectivity index is 1.65. The highest BCUT2D eigenvalue weighted by molar-refractivity contribution is 5.93. The molecule has 29 heavy (non-hydrogen) atoms. The Morgan fingerprint density at radius 3 is 2.48 bits per heavy atom. The van der Waals surface area contributed by atoms with Gasteiger partial charge in [-0.3, -0.25) is 4.68 Å². The molecule has 3 aromatic rings. The quantitative estimate of drug-likeness (QED) is 0.606. The van der Waals surface area contributed by atoms with Gasteiger partial charge in [-0.1, -0.05) is 25.0 Å². The highest BCUT2D eigenvalue weighted by atomic mass is 19.1. The van der Waals surface area contributed by atoms with Gasteiger partial charge in [0.1, 0.15) is 22.8 Å². The molecule has 1 N–H and O–H groups in total. The number of carbonyl (C=O) groups is 1. The van der Waals surface area contributed by atoms with Crippen LogP contribution in [0.15, 0.2) is 42.5 Å². The van der Waals surface area contributed by atoms with Crippen molar-refractivity contribution in [3.63, 3.8) is 0 Å². The second-order valence-electron chi connectivity index (χ2n) is 8.66. The van der Waals surface area contributed by atoms with Gasteiger partial charge < -0.3 is 10.1 Å². The van der Waals surface area contributed by atoms with Gasteiger partial charge in [-0.15, -0.1) is 0 Å². The summed E-state index contributed by atoms with van der Waals surface area (Å²) in [7, 11) is 0. The van der Waals surface area contributed by atoms with E-state index in [4.69, 9.17) is 9.84 Å². The van der Waals surface area contributed by atoms with Crippen molar-refractivity contribution in [3.05, 3.63) is 48.3 Å². The first-order valence-corrected chi connectivity index (χ1v) is 10.1. The fourth-order valence-corrected chi connectivity index (χ4v) is 3.90. The summed E-state index contributed by atoms with van der Waals surface area (Å²) in [6, 6.07) is 12.5. The number of hydrogen-bond acceptors (Lipinski definition) is 3. The maximum atomic E-state index is 14.6. The van der Waals surface area contributed by atoms with Gasteiger partial charge in [-0.05, 0) is 63.9 Å². The summed E-state index contributed by atoms with van der Waals surface area (Å²) in [5, 5.41) is 8.36. The molecular weight excluding hydrogens is 369 g/mol. The standard InChI is InChI=1S/C23H26FN3O2/c1-23(2,3)25-22(28)29-17-13-11-15(12-14-17)20-18-9-6-10-19(24)21(18)27(26-20)16-7-4-5-8-16/h6,9-14,16H,4-5,7-8H2,1-3H3,(H,25,28). The summed E-state index contributed by atoms with van der Waals surface area (Å²) < 4.78 is 21.9. The smallest absolute Gasteiger partial charge is 0.410 e. The van der Waals surface area contributed by atoms with Gasteiger partial charge in [0, 0.05) is 16.5 Å². The van der Waals surface area contributed by atoms with Crippen molar-refractivity contribution < 1.29 is 13.9 Å². The molecule has 152 valence electrons. The molecular formula is C23H26FN3O2. The van der Waals surface area contributed by atoms with Crippen molar-refractivity contribution >= 4 is 17.0 Å². The van der Waals surface area contributed by atoms with Crippen molar-refractivity contribution in [2.45, 2.75) is 58.0 Å². The van der Waals surface area contributed by atoms with Crippen molar-refractivity contribution in [2.24, 2.45) is 0 Å². The number of nitrogens with one attached hydrogen (secondary N) is 1. The van der Waals surface area contributed by atoms with Crippen LogP contribution in [-0.2, 0) is 0 Å². The van der Waals surface area contributed by atoms with Crippen LogP contribution in [0, 0.1) is 5.82 Å². The predicted molar refractivity (Wildman–Crippen MR) is 112 cm³/mol. The van der Waals surface area contributed by atoms with Crippen LogP contribution in [0.2, 0.25) is 0 Å². The Kier molecular flexibility index (Phi) is 5.03. The molecule has 1 saturated carbocycles. The number of nitrogens with zero attached hydrogens (tertiary/aromatic N) is 2. The summed E-state index contributed by atoms with van der Waals surface area (Å²) >= 11 is 0. The Bertz CT molecular complexity index is 1030. The van der Waals surface area contributed by atoms with Gasteiger partial charge in [-0.25, -0.2) is 9.18 Å². The SMILES string of the molecule is CC(C)(C)NC(=O)Oc1ccc(-c2nn(C3CCCC3)c3c(F)cccc23)cc1. The van der Waals surface area contributed by atoms with Crippen molar-refractivity contribution in [1.29, 1.82) is 0 Å². The molecule has 0 atom stereocenters. The Morgan fingerprint density at radius 2 is 1.83 bits per heavy atom. The third kappa shape index (κ3) is 4.11. The minimum Gasteiger partial charge on any atom is -0.410 e. The van der Waals surface area contributed by atoms with Crippen LogP contribution in [-0.4, -0.2) is 21.4 Å². The van der Waals surface area contributed by atoms with Crippen molar-refractivity contribution in [3.8, 4) is 17.0 Å². The van der Waals surface area contributed by atoms with Gasteiger partial charge >= 0.3 is 6.09 Å². The molecule has 4 rings (SSSR count). The third-order valence-corrected chi connectivity index (χ3v) is 5.16. The summed E-state index contributed by atoms with van der Waals surface area (Å²) in [6.07, 6.45) is 3.86. The van der Waals surface area contributed by atoms with Gasteiger partial charge in [0.15, 0.2) is 0 Å². The number of hydrogen-bond donors (Lipinski definition) is 1. The first kappa shape index (κ1) is 19.4. The molecule has 0 aliphatic heterocycles. The summed E-state index contributed by atoms with van der Waals surface area (Å²) in [6.45, 7) is 5.67. The van der Waals surface area contributed by atoms with Crippen LogP contribution < -0.4 is 10.1 Å². The number of fused-ring (bicyclic) bond motifs is 1.